The third kappa shape index (κ3) is 7.65. The van der Waals surface area contributed by atoms with Crippen molar-refractivity contribution in [1.82, 2.24) is 5.32 Å². The molecule has 0 saturated heterocycles. The average Bonchev–Trinajstić information content (AvgIpc) is 2.77. The standard InChI is InChI=1S/C26H31FN4O4/c1-4-28-26(25-17(2)14-21(15-22(25)27)35-13-12-34-3)31-20-10-8-19(9-11-20)30-24(33)16-23(32)29-18-6-5-7-18/h4,8-11,14-15,18,31H,2,5-7,12-13,16H2,1,3H3,(H,29,32)(H,30,33)/b26-25-,28-4-. The highest BCUT2D eigenvalue weighted by molar-refractivity contribution is 6.03. The van der Waals surface area contributed by atoms with Crippen molar-refractivity contribution in [1.29, 1.82) is 0 Å². The molecular formula is C26H31FN4O4. The number of nitrogens with one attached hydrogen (secondary N) is 3. The first-order chi connectivity index (χ1) is 16.9. The summed E-state index contributed by atoms with van der Waals surface area (Å²) in [5.41, 5.74) is 1.17. The highest BCUT2D eigenvalue weighted by Gasteiger charge is 2.20. The van der Waals surface area contributed by atoms with E-state index < -0.39 is 5.82 Å². The molecule has 3 rings (SSSR count). The third-order valence-corrected chi connectivity index (χ3v) is 5.42. The lowest BCUT2D eigenvalue weighted by Crippen LogP contribution is -2.40. The van der Waals surface area contributed by atoms with E-state index in [2.05, 4.69) is 27.5 Å². The van der Waals surface area contributed by atoms with Crippen LogP contribution in [-0.4, -0.2) is 44.4 Å². The number of ether oxygens (including phenoxy) is 2. The van der Waals surface area contributed by atoms with Crippen LogP contribution in [0.3, 0.4) is 0 Å². The smallest absolute Gasteiger partial charge is 0.233 e. The molecule has 2 aromatic carbocycles. The first-order valence-electron chi connectivity index (χ1n) is 11.5. The van der Waals surface area contributed by atoms with Crippen LogP contribution in [0, 0.1) is 5.82 Å². The van der Waals surface area contributed by atoms with Gasteiger partial charge in [-0.15, -0.1) is 0 Å². The lowest BCUT2D eigenvalue weighted by atomic mass is 9.93. The zero-order valence-electron chi connectivity index (χ0n) is 20.0. The van der Waals surface area contributed by atoms with Gasteiger partial charge >= 0.3 is 0 Å². The summed E-state index contributed by atoms with van der Waals surface area (Å²) in [5, 5.41) is 9.28. The Bertz CT molecular complexity index is 1180. The van der Waals surface area contributed by atoms with Crippen LogP contribution in [0.4, 0.5) is 15.8 Å². The minimum Gasteiger partial charge on any atom is -0.491 e. The maximum Gasteiger partial charge on any atom is 0.233 e. The summed E-state index contributed by atoms with van der Waals surface area (Å²) in [5.74, 6) is -0.551. The molecule has 0 unspecified atom stereocenters. The largest absolute Gasteiger partial charge is 0.491 e. The van der Waals surface area contributed by atoms with Crippen LogP contribution >= 0.6 is 0 Å². The van der Waals surface area contributed by atoms with E-state index in [1.165, 1.54) is 6.07 Å². The number of anilines is 2. The highest BCUT2D eigenvalue weighted by Crippen LogP contribution is 2.19. The van der Waals surface area contributed by atoms with E-state index in [1.54, 1.807) is 50.6 Å². The number of carbonyl (C=O) groups is 2. The van der Waals surface area contributed by atoms with Gasteiger partial charge in [0, 0.05) is 36.8 Å². The molecule has 1 saturated carbocycles. The minimum absolute atomic E-state index is 0.194. The van der Waals surface area contributed by atoms with Crippen LogP contribution in [0.1, 0.15) is 32.6 Å². The number of hydrogen-bond acceptors (Lipinski definition) is 6. The molecule has 0 atom stereocenters. The van der Waals surface area contributed by atoms with Crippen molar-refractivity contribution >= 4 is 41.8 Å². The van der Waals surface area contributed by atoms with Crippen LogP contribution in [0.25, 0.3) is 12.4 Å². The van der Waals surface area contributed by atoms with Gasteiger partial charge in [0.05, 0.1) is 11.8 Å². The van der Waals surface area contributed by atoms with Crippen LogP contribution in [-0.2, 0) is 14.3 Å². The Morgan fingerprint density at radius 2 is 1.80 bits per heavy atom. The van der Waals surface area contributed by atoms with Crippen molar-refractivity contribution in [2.24, 2.45) is 4.99 Å². The Morgan fingerprint density at radius 3 is 2.37 bits per heavy atom. The van der Waals surface area contributed by atoms with E-state index in [9.17, 15) is 14.0 Å². The van der Waals surface area contributed by atoms with Gasteiger partial charge in [0.1, 0.15) is 30.4 Å². The van der Waals surface area contributed by atoms with Gasteiger partial charge in [-0.25, -0.2) is 9.38 Å². The van der Waals surface area contributed by atoms with Crippen LogP contribution in [0.15, 0.2) is 41.4 Å². The molecule has 0 radical (unpaired) electrons. The second kappa shape index (κ2) is 12.7. The van der Waals surface area contributed by atoms with E-state index in [0.29, 0.717) is 35.6 Å². The lowest BCUT2D eigenvalue weighted by molar-refractivity contribution is -0.127. The SMILES string of the molecule is C=c1cc(OCCOC)cc(F)/c1=C(/N=C\C)Nc1ccc(NC(=O)CC(=O)NC2CCC2)cc1. The Labute approximate surface area is 203 Å². The van der Waals surface area contributed by atoms with Gasteiger partial charge in [0.2, 0.25) is 11.8 Å². The number of hydrogen-bond donors (Lipinski definition) is 3. The predicted octanol–water partition coefficient (Wildman–Crippen LogP) is 2.53. The monoisotopic (exact) mass is 482 g/mol. The number of halogens is 1. The van der Waals surface area contributed by atoms with E-state index in [1.807, 2.05) is 0 Å². The number of aliphatic imine (C=N–C) groups is 1. The molecule has 0 heterocycles. The van der Waals surface area contributed by atoms with E-state index in [0.717, 1.165) is 19.3 Å². The van der Waals surface area contributed by atoms with E-state index in [-0.39, 0.29) is 35.3 Å². The Balaban J connectivity index is 1.69. The number of nitrogens with zero attached hydrogens (tertiary/aromatic N) is 1. The maximum absolute atomic E-state index is 14.9. The van der Waals surface area contributed by atoms with Crippen molar-refractivity contribution in [3.8, 4) is 5.75 Å². The fourth-order valence-corrected chi connectivity index (χ4v) is 3.47. The summed E-state index contributed by atoms with van der Waals surface area (Å²) in [6.07, 6.45) is 4.37. The second-order valence-electron chi connectivity index (χ2n) is 8.14. The zero-order chi connectivity index (χ0) is 25.2. The van der Waals surface area contributed by atoms with Gasteiger partial charge in [-0.3, -0.25) is 9.59 Å². The number of rotatable bonds is 11. The molecule has 2 amide bonds. The number of methoxy groups -OCH3 is 1. The van der Waals surface area contributed by atoms with Gasteiger partial charge in [-0.05, 0) is 61.7 Å². The Morgan fingerprint density at radius 1 is 1.11 bits per heavy atom. The molecule has 0 aliphatic heterocycles. The molecule has 186 valence electrons. The summed E-state index contributed by atoms with van der Waals surface area (Å²) in [7, 11) is 1.56. The Kier molecular flexibility index (Phi) is 9.37. The van der Waals surface area contributed by atoms with E-state index >= 15 is 0 Å². The van der Waals surface area contributed by atoms with Crippen molar-refractivity contribution in [2.75, 3.05) is 31.0 Å². The van der Waals surface area contributed by atoms with Crippen molar-refractivity contribution in [3.05, 3.63) is 52.7 Å². The molecule has 3 N–H and O–H groups in total. The molecule has 0 bridgehead atoms. The van der Waals surface area contributed by atoms with Crippen molar-refractivity contribution in [2.45, 2.75) is 38.6 Å². The Hall–Kier alpha value is -3.72. The molecule has 0 aromatic heterocycles. The van der Waals surface area contributed by atoms with Gasteiger partial charge < -0.3 is 25.4 Å². The molecule has 9 heteroatoms. The van der Waals surface area contributed by atoms with Gasteiger partial charge in [0.15, 0.2) is 0 Å². The summed E-state index contributed by atoms with van der Waals surface area (Å²) in [4.78, 5) is 28.3. The summed E-state index contributed by atoms with van der Waals surface area (Å²) in [6, 6.07) is 9.93. The number of carbonyl (C=O) groups excluding carboxylic acids is 2. The highest BCUT2D eigenvalue weighted by atomic mass is 19.1. The predicted molar refractivity (Wildman–Crippen MR) is 135 cm³/mol. The zero-order valence-corrected chi connectivity index (χ0v) is 20.0. The molecule has 1 aliphatic rings. The first kappa shape index (κ1) is 25.9. The molecule has 0 spiro atoms. The van der Waals surface area contributed by atoms with Gasteiger partial charge in [-0.1, -0.05) is 6.58 Å². The molecule has 2 aromatic rings. The summed E-state index contributed by atoms with van der Waals surface area (Å²) >= 11 is 0. The second-order valence-corrected chi connectivity index (χ2v) is 8.14. The van der Waals surface area contributed by atoms with Crippen molar-refractivity contribution < 1.29 is 23.5 Å². The minimum atomic E-state index is -0.526. The number of amides is 2. The van der Waals surface area contributed by atoms with Crippen LogP contribution < -0.4 is 31.1 Å². The summed E-state index contributed by atoms with van der Waals surface area (Å²) < 4.78 is 25.4. The third-order valence-electron chi connectivity index (χ3n) is 5.42. The molecule has 8 nitrogen and oxygen atoms in total. The molecule has 1 fully saturated rings. The van der Waals surface area contributed by atoms with Crippen LogP contribution in [0.5, 0.6) is 5.75 Å². The normalized spacial score (nSPS) is 14.3. The quantitative estimate of drug-likeness (QED) is 0.260. The summed E-state index contributed by atoms with van der Waals surface area (Å²) in [6.45, 7) is 6.36. The lowest BCUT2D eigenvalue weighted by Gasteiger charge is -2.26. The van der Waals surface area contributed by atoms with Crippen molar-refractivity contribution in [3.63, 3.8) is 0 Å². The van der Waals surface area contributed by atoms with E-state index in [4.69, 9.17) is 9.47 Å². The fourth-order valence-electron chi connectivity index (χ4n) is 3.47. The van der Waals surface area contributed by atoms with Gasteiger partial charge in [-0.2, -0.15) is 0 Å². The molecular weight excluding hydrogens is 451 g/mol. The maximum atomic E-state index is 14.9. The van der Waals surface area contributed by atoms with Crippen LogP contribution in [0.2, 0.25) is 0 Å². The number of benzene rings is 2. The fraction of sp³-hybridized carbons (Fsp3) is 0.346. The molecule has 1 aliphatic carbocycles. The average molecular weight is 483 g/mol. The first-order valence-corrected chi connectivity index (χ1v) is 11.5. The topological polar surface area (TPSA) is 101 Å². The van der Waals surface area contributed by atoms with Gasteiger partial charge in [0.25, 0.3) is 0 Å². The molecule has 35 heavy (non-hydrogen) atoms.